The van der Waals surface area contributed by atoms with Gasteiger partial charge < -0.3 is 0 Å². The Kier molecular flexibility index (Phi) is 7.81. The van der Waals surface area contributed by atoms with E-state index in [1.54, 1.807) is 12.1 Å². The molecule has 0 spiro atoms. The molecule has 1 atom stereocenters. The third kappa shape index (κ3) is 4.54. The van der Waals surface area contributed by atoms with Crippen LogP contribution in [0.3, 0.4) is 0 Å². The SMILES string of the molecule is CC1CCC(C2CC=C(c3cc[c-]c(Cl)c3F)CC2)CC1.[Rb+]. The summed E-state index contributed by atoms with van der Waals surface area (Å²) < 4.78 is 14.1. The van der Waals surface area contributed by atoms with Crippen LogP contribution in [0.2, 0.25) is 5.02 Å². The summed E-state index contributed by atoms with van der Waals surface area (Å²) >= 11 is 5.84. The van der Waals surface area contributed by atoms with E-state index >= 15 is 0 Å². The van der Waals surface area contributed by atoms with Gasteiger partial charge in [0.1, 0.15) is 0 Å². The second-order valence-corrected chi connectivity index (χ2v) is 7.18. The monoisotopic (exact) mass is 390 g/mol. The van der Waals surface area contributed by atoms with E-state index in [-0.39, 0.29) is 69.0 Å². The summed E-state index contributed by atoms with van der Waals surface area (Å²) in [7, 11) is 0. The average Bonchev–Trinajstić information content (AvgIpc) is 2.51. The Hall–Kier alpha value is 0.985. The van der Waals surface area contributed by atoms with Crippen LogP contribution in [-0.4, -0.2) is 0 Å². The van der Waals surface area contributed by atoms with Crippen LogP contribution < -0.4 is 58.2 Å². The van der Waals surface area contributed by atoms with Gasteiger partial charge in [-0.05, 0) is 54.9 Å². The summed E-state index contributed by atoms with van der Waals surface area (Å²) in [4.78, 5) is 0. The summed E-state index contributed by atoms with van der Waals surface area (Å²) in [5.41, 5.74) is 1.80. The first-order valence-electron chi connectivity index (χ1n) is 8.20. The van der Waals surface area contributed by atoms with Crippen molar-refractivity contribution in [3.63, 3.8) is 0 Å². The molecule has 2 aliphatic rings. The topological polar surface area (TPSA) is 0 Å². The average molecular weight is 391 g/mol. The third-order valence-corrected chi connectivity index (χ3v) is 5.69. The Labute approximate surface area is 187 Å². The Balaban J connectivity index is 0.00000176. The first-order valence-corrected chi connectivity index (χ1v) is 8.58. The van der Waals surface area contributed by atoms with Crippen LogP contribution in [0, 0.1) is 29.6 Å². The number of rotatable bonds is 2. The summed E-state index contributed by atoms with van der Waals surface area (Å²) in [6.07, 6.45) is 11.1. The molecule has 0 N–H and O–H groups in total. The maximum Gasteiger partial charge on any atom is 1.00 e. The minimum absolute atomic E-state index is 0. The molecule has 0 amide bonds. The van der Waals surface area contributed by atoms with Crippen LogP contribution in [0.15, 0.2) is 18.2 Å². The van der Waals surface area contributed by atoms with Crippen LogP contribution in [0.25, 0.3) is 5.57 Å². The summed E-state index contributed by atoms with van der Waals surface area (Å²) in [5, 5.41) is 0.108. The van der Waals surface area contributed by atoms with Crippen LogP contribution in [0.5, 0.6) is 0 Å². The molecule has 1 aromatic rings. The number of hydrogen-bond donors (Lipinski definition) is 0. The Morgan fingerprint density at radius 3 is 2.50 bits per heavy atom. The molecule has 1 fully saturated rings. The van der Waals surface area contributed by atoms with Crippen molar-refractivity contribution in [2.24, 2.45) is 17.8 Å². The smallest absolute Gasteiger partial charge is 0.282 e. The minimum atomic E-state index is -0.310. The zero-order valence-electron chi connectivity index (χ0n) is 13.7. The molecular weight excluding hydrogens is 368 g/mol. The first-order chi connectivity index (χ1) is 10.1. The van der Waals surface area contributed by atoms with E-state index in [1.807, 2.05) is 0 Å². The van der Waals surface area contributed by atoms with E-state index in [2.05, 4.69) is 19.1 Å². The molecule has 2 aliphatic carbocycles. The molecule has 0 saturated heterocycles. The van der Waals surface area contributed by atoms with Gasteiger partial charge in [-0.1, -0.05) is 37.0 Å². The van der Waals surface area contributed by atoms with Gasteiger partial charge in [-0.15, -0.1) is 11.6 Å². The van der Waals surface area contributed by atoms with Crippen LogP contribution in [0.4, 0.5) is 4.39 Å². The van der Waals surface area contributed by atoms with Crippen LogP contribution >= 0.6 is 11.6 Å². The molecule has 0 nitrogen and oxygen atoms in total. The van der Waals surface area contributed by atoms with Crippen molar-refractivity contribution in [1.82, 2.24) is 0 Å². The maximum atomic E-state index is 14.1. The summed E-state index contributed by atoms with van der Waals surface area (Å²) in [6, 6.07) is 6.23. The van der Waals surface area contributed by atoms with E-state index in [0.29, 0.717) is 5.56 Å². The van der Waals surface area contributed by atoms with Crippen molar-refractivity contribution in [3.05, 3.63) is 40.7 Å². The Morgan fingerprint density at radius 2 is 1.86 bits per heavy atom. The molecule has 114 valence electrons. The molecule has 1 unspecified atom stereocenters. The molecule has 0 bridgehead atoms. The van der Waals surface area contributed by atoms with Crippen molar-refractivity contribution in [3.8, 4) is 0 Å². The number of benzene rings is 1. The zero-order valence-corrected chi connectivity index (χ0v) is 19.3. The van der Waals surface area contributed by atoms with Gasteiger partial charge in [-0.3, -0.25) is 4.39 Å². The van der Waals surface area contributed by atoms with E-state index in [9.17, 15) is 4.39 Å². The Morgan fingerprint density at radius 1 is 1.14 bits per heavy atom. The fraction of sp³-hybridized carbons (Fsp3) is 0.579. The molecule has 0 aromatic heterocycles. The fourth-order valence-electron chi connectivity index (χ4n) is 3.99. The fourth-order valence-corrected chi connectivity index (χ4v) is 4.15. The molecule has 0 aliphatic heterocycles. The molecule has 1 aromatic carbocycles. The van der Waals surface area contributed by atoms with Gasteiger partial charge in [0.15, 0.2) is 0 Å². The zero-order chi connectivity index (χ0) is 14.8. The van der Waals surface area contributed by atoms with E-state index in [4.69, 9.17) is 11.6 Å². The predicted octanol–water partition coefficient (Wildman–Crippen LogP) is 3.29. The number of hydrogen-bond acceptors (Lipinski definition) is 0. The molecule has 0 radical (unpaired) electrons. The standard InChI is InChI=1S/C19H23ClF.Rb/c1-13-5-7-14(8-6-13)15-9-11-16(12-10-15)17-3-2-4-18(20)19(17)21;/h2-3,11,13-15H,5-10,12H2,1H3;/q-1;+1. The largest absolute Gasteiger partial charge is 1.00 e. The van der Waals surface area contributed by atoms with E-state index in [1.165, 1.54) is 32.1 Å². The molecule has 1 saturated carbocycles. The summed E-state index contributed by atoms with van der Waals surface area (Å²) in [6.45, 7) is 2.37. The maximum absolute atomic E-state index is 14.1. The van der Waals surface area contributed by atoms with Crippen molar-refractivity contribution >= 4 is 17.2 Å². The van der Waals surface area contributed by atoms with Gasteiger partial charge >= 0.3 is 58.2 Å². The van der Waals surface area contributed by atoms with Gasteiger partial charge in [0.05, 0.1) is 0 Å². The van der Waals surface area contributed by atoms with E-state index < -0.39 is 0 Å². The number of allylic oxidation sites excluding steroid dienone is 2. The van der Waals surface area contributed by atoms with E-state index in [0.717, 1.165) is 36.2 Å². The van der Waals surface area contributed by atoms with Gasteiger partial charge in [-0.25, -0.2) is 0 Å². The van der Waals surface area contributed by atoms with Crippen LogP contribution in [-0.2, 0) is 0 Å². The number of halogens is 2. The molecule has 3 rings (SSSR count). The second kappa shape index (κ2) is 8.90. The second-order valence-electron chi connectivity index (χ2n) is 6.80. The van der Waals surface area contributed by atoms with Crippen molar-refractivity contribution in [2.75, 3.05) is 0 Å². The molecular formula is C19H23ClFRb. The Bertz CT molecular complexity index is 532. The quantitative estimate of drug-likeness (QED) is 0.679. The van der Waals surface area contributed by atoms with Gasteiger partial charge in [0.25, 0.3) is 0 Å². The van der Waals surface area contributed by atoms with Gasteiger partial charge in [0, 0.05) is 5.82 Å². The predicted molar refractivity (Wildman–Crippen MR) is 86.7 cm³/mol. The van der Waals surface area contributed by atoms with Crippen molar-refractivity contribution < 1.29 is 62.6 Å². The normalized spacial score (nSPS) is 28.7. The van der Waals surface area contributed by atoms with Crippen molar-refractivity contribution in [1.29, 1.82) is 0 Å². The third-order valence-electron chi connectivity index (χ3n) is 5.41. The minimum Gasteiger partial charge on any atom is -0.282 e. The summed E-state index contributed by atoms with van der Waals surface area (Å²) in [5.74, 6) is 2.29. The molecule has 3 heteroatoms. The van der Waals surface area contributed by atoms with Crippen LogP contribution in [0.1, 0.15) is 57.4 Å². The molecule has 22 heavy (non-hydrogen) atoms. The molecule has 0 heterocycles. The van der Waals surface area contributed by atoms with Gasteiger partial charge in [-0.2, -0.15) is 18.2 Å². The first kappa shape index (κ1) is 19.3. The van der Waals surface area contributed by atoms with Gasteiger partial charge in [0.2, 0.25) is 0 Å². The van der Waals surface area contributed by atoms with Crippen molar-refractivity contribution in [2.45, 2.75) is 51.9 Å².